The minimum Gasteiger partial charge on any atom is -0.501 e. The van der Waals surface area contributed by atoms with E-state index in [4.69, 9.17) is 4.74 Å². The summed E-state index contributed by atoms with van der Waals surface area (Å²) in [5.74, 6) is 4.00. The van der Waals surface area contributed by atoms with Crippen LogP contribution in [-0.2, 0) is 9.53 Å². The van der Waals surface area contributed by atoms with Crippen molar-refractivity contribution >= 4 is 5.78 Å². The fourth-order valence-corrected chi connectivity index (χ4v) is 6.57. The number of methoxy groups -OCH3 is 1. The van der Waals surface area contributed by atoms with Gasteiger partial charge in [0.2, 0.25) is 0 Å². The molecule has 4 aliphatic carbocycles. The van der Waals surface area contributed by atoms with Gasteiger partial charge in [0, 0.05) is 17.8 Å². The molecule has 6 atom stereocenters. The van der Waals surface area contributed by atoms with Crippen molar-refractivity contribution in [2.24, 2.45) is 34.5 Å². The van der Waals surface area contributed by atoms with Gasteiger partial charge in [-0.2, -0.15) is 0 Å². The van der Waals surface area contributed by atoms with E-state index in [0.717, 1.165) is 37.4 Å². The van der Waals surface area contributed by atoms with Crippen LogP contribution in [0.3, 0.4) is 0 Å². The van der Waals surface area contributed by atoms with Crippen molar-refractivity contribution in [1.82, 2.24) is 0 Å². The molecule has 0 aromatic heterocycles. The van der Waals surface area contributed by atoms with Gasteiger partial charge in [-0.3, -0.25) is 4.79 Å². The molecule has 2 heteroatoms. The number of hydrogen-bond acceptors (Lipinski definition) is 2. The van der Waals surface area contributed by atoms with Crippen molar-refractivity contribution in [1.29, 1.82) is 0 Å². The van der Waals surface area contributed by atoms with Gasteiger partial charge < -0.3 is 4.74 Å². The van der Waals surface area contributed by atoms with Gasteiger partial charge in [0.25, 0.3) is 0 Å². The third kappa shape index (κ3) is 1.96. The Morgan fingerprint density at radius 1 is 1.17 bits per heavy atom. The highest BCUT2D eigenvalue weighted by Crippen LogP contribution is 2.64. The predicted octanol–water partition coefficient (Wildman–Crippen LogP) is 4.90. The van der Waals surface area contributed by atoms with Crippen molar-refractivity contribution in [3.63, 3.8) is 0 Å². The van der Waals surface area contributed by atoms with E-state index in [9.17, 15) is 4.79 Å². The molecule has 0 saturated heterocycles. The van der Waals surface area contributed by atoms with E-state index in [0.29, 0.717) is 23.0 Å². The second-order valence-corrected chi connectivity index (χ2v) is 8.96. The van der Waals surface area contributed by atoms with Crippen LogP contribution >= 0.6 is 0 Å². The molecule has 2 nitrogen and oxygen atoms in total. The average molecular weight is 314 g/mol. The van der Waals surface area contributed by atoms with Crippen molar-refractivity contribution in [2.45, 2.75) is 59.3 Å². The standard InChI is InChI=1S/C21H30O2/c1-13-11-18-16-6-5-14-12-15(23-4)7-9-20(14,2)17(16)8-10-21(18,3)19(13)22/h5,12-13,16-18H,6-11H2,1-4H3/t13?,16-,17-,18+,20+,21+/m1/s1. The summed E-state index contributed by atoms with van der Waals surface area (Å²) in [5, 5.41) is 0. The fourth-order valence-electron chi connectivity index (χ4n) is 6.57. The number of hydrogen-bond donors (Lipinski definition) is 0. The molecule has 23 heavy (non-hydrogen) atoms. The number of rotatable bonds is 1. The Balaban J connectivity index is 1.71. The molecule has 0 spiro atoms. The third-order valence-corrected chi connectivity index (χ3v) is 8.00. The van der Waals surface area contributed by atoms with Crippen LogP contribution in [0.5, 0.6) is 0 Å². The van der Waals surface area contributed by atoms with Crippen molar-refractivity contribution in [3.8, 4) is 0 Å². The summed E-state index contributed by atoms with van der Waals surface area (Å²) in [6, 6.07) is 0. The molecule has 0 amide bonds. The first-order chi connectivity index (χ1) is 10.9. The first-order valence-electron chi connectivity index (χ1n) is 9.39. The number of carbonyl (C=O) groups is 1. The van der Waals surface area contributed by atoms with E-state index in [-0.39, 0.29) is 11.3 Å². The maximum absolute atomic E-state index is 12.7. The van der Waals surface area contributed by atoms with Crippen LogP contribution in [0.15, 0.2) is 23.5 Å². The number of ether oxygens (including phenoxy) is 1. The molecule has 4 aliphatic rings. The molecule has 0 aromatic rings. The number of ketones is 1. The van der Waals surface area contributed by atoms with E-state index < -0.39 is 0 Å². The van der Waals surface area contributed by atoms with Crippen LogP contribution in [0.25, 0.3) is 0 Å². The average Bonchev–Trinajstić information content (AvgIpc) is 2.78. The third-order valence-electron chi connectivity index (χ3n) is 8.00. The smallest absolute Gasteiger partial charge is 0.141 e. The van der Waals surface area contributed by atoms with Gasteiger partial charge in [0.05, 0.1) is 12.9 Å². The molecule has 0 radical (unpaired) electrons. The maximum Gasteiger partial charge on any atom is 0.141 e. The second-order valence-electron chi connectivity index (χ2n) is 8.96. The summed E-state index contributed by atoms with van der Waals surface area (Å²) in [6.07, 6.45) is 11.6. The zero-order valence-corrected chi connectivity index (χ0v) is 15.0. The molecule has 0 heterocycles. The van der Waals surface area contributed by atoms with Crippen LogP contribution < -0.4 is 0 Å². The highest BCUT2D eigenvalue weighted by molar-refractivity contribution is 5.89. The van der Waals surface area contributed by atoms with Gasteiger partial charge in [-0.25, -0.2) is 0 Å². The highest BCUT2D eigenvalue weighted by atomic mass is 16.5. The Morgan fingerprint density at radius 3 is 2.70 bits per heavy atom. The fraction of sp³-hybridized carbons (Fsp3) is 0.762. The molecule has 2 fully saturated rings. The minimum atomic E-state index is -0.0372. The number of Topliss-reactive ketones (excluding diaryl/α,β-unsaturated/α-hetero) is 1. The Hall–Kier alpha value is -1.05. The second kappa shape index (κ2) is 4.97. The topological polar surface area (TPSA) is 26.3 Å². The normalized spacial score (nSPS) is 48.8. The summed E-state index contributed by atoms with van der Waals surface area (Å²) >= 11 is 0. The lowest BCUT2D eigenvalue weighted by Gasteiger charge is -2.55. The molecule has 2 saturated carbocycles. The van der Waals surface area contributed by atoms with Crippen molar-refractivity contribution in [3.05, 3.63) is 23.5 Å². The van der Waals surface area contributed by atoms with Crippen LogP contribution in [0.2, 0.25) is 0 Å². The number of allylic oxidation sites excluding steroid dienone is 4. The summed E-state index contributed by atoms with van der Waals surface area (Å²) < 4.78 is 5.51. The van der Waals surface area contributed by atoms with E-state index >= 15 is 0 Å². The van der Waals surface area contributed by atoms with Crippen LogP contribution in [-0.4, -0.2) is 12.9 Å². The lowest BCUT2D eigenvalue weighted by atomic mass is 9.49. The van der Waals surface area contributed by atoms with Gasteiger partial charge >= 0.3 is 0 Å². The van der Waals surface area contributed by atoms with E-state index in [1.807, 2.05) is 0 Å². The molecular weight excluding hydrogens is 284 g/mol. The summed E-state index contributed by atoms with van der Waals surface area (Å²) in [4.78, 5) is 12.7. The zero-order chi connectivity index (χ0) is 16.4. The summed E-state index contributed by atoms with van der Waals surface area (Å²) in [7, 11) is 1.79. The molecule has 1 unspecified atom stereocenters. The zero-order valence-electron chi connectivity index (χ0n) is 15.0. The first-order valence-corrected chi connectivity index (χ1v) is 9.39. The lowest BCUT2D eigenvalue weighted by Crippen LogP contribution is -2.49. The Kier molecular flexibility index (Phi) is 3.35. The Bertz CT molecular complexity index is 601. The van der Waals surface area contributed by atoms with E-state index in [1.54, 1.807) is 7.11 Å². The lowest BCUT2D eigenvalue weighted by molar-refractivity contribution is -0.133. The first kappa shape index (κ1) is 15.5. The molecule has 4 rings (SSSR count). The Morgan fingerprint density at radius 2 is 1.96 bits per heavy atom. The molecule has 0 aliphatic heterocycles. The SMILES string of the molecule is COC1=CC2=CC[C@@H]3[C@@H](CC[C@]4(C)C(=O)C(C)C[C@@H]34)[C@@]2(C)CC1. The predicted molar refractivity (Wildman–Crippen MR) is 91.7 cm³/mol. The highest BCUT2D eigenvalue weighted by Gasteiger charge is 2.59. The van der Waals surface area contributed by atoms with Gasteiger partial charge in [-0.15, -0.1) is 0 Å². The van der Waals surface area contributed by atoms with Crippen LogP contribution in [0.1, 0.15) is 59.3 Å². The minimum absolute atomic E-state index is 0.0372. The maximum atomic E-state index is 12.7. The molecule has 0 bridgehead atoms. The quantitative estimate of drug-likeness (QED) is 0.688. The van der Waals surface area contributed by atoms with Gasteiger partial charge in [-0.1, -0.05) is 26.8 Å². The van der Waals surface area contributed by atoms with Crippen molar-refractivity contribution in [2.75, 3.05) is 7.11 Å². The van der Waals surface area contributed by atoms with Gasteiger partial charge in [-0.05, 0) is 66.9 Å². The number of fused-ring (bicyclic) bond motifs is 5. The summed E-state index contributed by atoms with van der Waals surface area (Å²) in [6.45, 7) is 6.90. The van der Waals surface area contributed by atoms with Crippen LogP contribution in [0.4, 0.5) is 0 Å². The molecular formula is C21H30O2. The molecule has 0 N–H and O–H groups in total. The number of carbonyl (C=O) groups excluding carboxylic acids is 1. The summed E-state index contributed by atoms with van der Waals surface area (Å²) in [5.41, 5.74) is 1.76. The van der Waals surface area contributed by atoms with E-state index in [1.165, 1.54) is 18.4 Å². The van der Waals surface area contributed by atoms with Crippen molar-refractivity contribution < 1.29 is 9.53 Å². The van der Waals surface area contributed by atoms with Gasteiger partial charge in [0.1, 0.15) is 5.78 Å². The Labute approximate surface area is 140 Å². The monoisotopic (exact) mass is 314 g/mol. The molecule has 0 aromatic carbocycles. The molecule has 126 valence electrons. The van der Waals surface area contributed by atoms with Gasteiger partial charge in [0.15, 0.2) is 0 Å². The van der Waals surface area contributed by atoms with E-state index in [2.05, 4.69) is 32.9 Å². The largest absolute Gasteiger partial charge is 0.501 e. The van der Waals surface area contributed by atoms with Crippen LogP contribution in [0, 0.1) is 34.5 Å².